The van der Waals surface area contributed by atoms with Crippen LogP contribution in [0.4, 0.5) is 5.69 Å². The molecule has 5 heteroatoms. The summed E-state index contributed by atoms with van der Waals surface area (Å²) in [5.41, 5.74) is 0.992. The second-order valence-electron chi connectivity index (χ2n) is 8.25. The smallest absolute Gasteiger partial charge is 0.173 e. The van der Waals surface area contributed by atoms with Crippen molar-refractivity contribution < 1.29 is 4.74 Å². The van der Waals surface area contributed by atoms with E-state index in [1.807, 2.05) is 54.6 Å². The highest BCUT2D eigenvalue weighted by molar-refractivity contribution is 7.80. The molecule has 0 spiro atoms. The van der Waals surface area contributed by atoms with Gasteiger partial charge in [-0.1, -0.05) is 32.0 Å². The Balaban J connectivity index is 1.45. The van der Waals surface area contributed by atoms with Gasteiger partial charge >= 0.3 is 0 Å². The van der Waals surface area contributed by atoms with Crippen molar-refractivity contribution in [3.8, 4) is 11.5 Å². The molecule has 0 aliphatic carbocycles. The van der Waals surface area contributed by atoms with Gasteiger partial charge in [0.2, 0.25) is 0 Å². The van der Waals surface area contributed by atoms with E-state index in [0.29, 0.717) is 6.04 Å². The number of piperidine rings is 1. The van der Waals surface area contributed by atoms with Gasteiger partial charge in [0.15, 0.2) is 5.11 Å². The minimum absolute atomic E-state index is 0.669. The van der Waals surface area contributed by atoms with Crippen LogP contribution in [0.2, 0.25) is 0 Å². The molecule has 0 amide bonds. The van der Waals surface area contributed by atoms with Gasteiger partial charge in [-0.05, 0) is 87.4 Å². The van der Waals surface area contributed by atoms with Gasteiger partial charge in [0.05, 0.1) is 0 Å². The summed E-state index contributed by atoms with van der Waals surface area (Å²) in [5.74, 6) is 2.42. The summed E-state index contributed by atoms with van der Waals surface area (Å²) in [4.78, 5) is 4.82. The Bertz CT molecular complexity index is 755. The van der Waals surface area contributed by atoms with Crippen molar-refractivity contribution in [2.45, 2.75) is 39.2 Å². The lowest BCUT2D eigenvalue weighted by Crippen LogP contribution is -2.47. The molecule has 0 radical (unpaired) electrons. The van der Waals surface area contributed by atoms with E-state index < -0.39 is 0 Å². The molecule has 0 unspecified atom stereocenters. The van der Waals surface area contributed by atoms with Crippen molar-refractivity contribution in [2.75, 3.05) is 32.0 Å². The zero-order valence-corrected chi connectivity index (χ0v) is 18.6. The fraction of sp³-hybridized carbons (Fsp3) is 0.458. The van der Waals surface area contributed by atoms with Gasteiger partial charge in [0.25, 0.3) is 0 Å². The van der Waals surface area contributed by atoms with Crippen molar-refractivity contribution in [3.05, 3.63) is 54.6 Å². The molecule has 3 rings (SSSR count). The topological polar surface area (TPSA) is 27.7 Å². The van der Waals surface area contributed by atoms with Crippen LogP contribution < -0.4 is 10.1 Å². The number of anilines is 1. The number of nitrogens with one attached hydrogen (secondary N) is 1. The third-order valence-corrected chi connectivity index (χ3v) is 5.88. The first-order valence-corrected chi connectivity index (χ1v) is 11.0. The predicted octanol–water partition coefficient (Wildman–Crippen LogP) is 5.62. The number of hydrogen-bond acceptors (Lipinski definition) is 3. The number of nitrogens with zero attached hydrogens (tertiary/aromatic N) is 2. The summed E-state index contributed by atoms with van der Waals surface area (Å²) in [5, 5.41) is 4.19. The minimum Gasteiger partial charge on any atom is -0.457 e. The van der Waals surface area contributed by atoms with E-state index in [4.69, 9.17) is 17.0 Å². The number of hydrogen-bond donors (Lipinski definition) is 1. The Morgan fingerprint density at radius 1 is 1.07 bits per heavy atom. The molecule has 1 N–H and O–H groups in total. The standard InChI is InChI=1S/C24H33N3OS/c1-19(2)13-16-26(3)21-14-17-27(18-15-21)24(29)25-20-9-11-23(12-10-20)28-22-7-5-4-6-8-22/h4-12,19,21H,13-18H2,1-3H3,(H,25,29). The minimum atomic E-state index is 0.669. The van der Waals surface area contributed by atoms with E-state index >= 15 is 0 Å². The van der Waals surface area contributed by atoms with Gasteiger partial charge in [-0.2, -0.15) is 0 Å². The van der Waals surface area contributed by atoms with Crippen LogP contribution in [-0.4, -0.2) is 47.6 Å². The third kappa shape index (κ3) is 6.72. The maximum absolute atomic E-state index is 5.85. The molecule has 0 bridgehead atoms. The van der Waals surface area contributed by atoms with Crippen molar-refractivity contribution in [2.24, 2.45) is 5.92 Å². The first-order chi connectivity index (χ1) is 14.0. The van der Waals surface area contributed by atoms with Crippen molar-refractivity contribution in [1.29, 1.82) is 0 Å². The summed E-state index contributed by atoms with van der Waals surface area (Å²) < 4.78 is 5.85. The highest BCUT2D eigenvalue weighted by atomic mass is 32.1. The van der Waals surface area contributed by atoms with Crippen LogP contribution in [0.15, 0.2) is 54.6 Å². The molecule has 1 aliphatic heterocycles. The quantitative estimate of drug-likeness (QED) is 0.597. The fourth-order valence-electron chi connectivity index (χ4n) is 3.59. The predicted molar refractivity (Wildman–Crippen MR) is 126 cm³/mol. The van der Waals surface area contributed by atoms with Crippen LogP contribution in [0.5, 0.6) is 11.5 Å². The van der Waals surface area contributed by atoms with Gasteiger partial charge in [-0.25, -0.2) is 0 Å². The second-order valence-corrected chi connectivity index (χ2v) is 8.64. The van der Waals surface area contributed by atoms with Gasteiger partial charge in [0.1, 0.15) is 11.5 Å². The number of ether oxygens (including phenoxy) is 1. The first kappa shape index (κ1) is 21.6. The maximum atomic E-state index is 5.85. The van der Waals surface area contributed by atoms with Gasteiger partial charge in [0, 0.05) is 24.8 Å². The van der Waals surface area contributed by atoms with Gasteiger partial charge in [-0.15, -0.1) is 0 Å². The van der Waals surface area contributed by atoms with E-state index in [1.54, 1.807) is 0 Å². The number of rotatable bonds is 7. The summed E-state index contributed by atoms with van der Waals surface area (Å²) in [7, 11) is 2.26. The van der Waals surface area contributed by atoms with E-state index in [1.165, 1.54) is 25.8 Å². The Hall–Kier alpha value is -2.11. The third-order valence-electron chi connectivity index (χ3n) is 5.52. The van der Waals surface area contributed by atoms with Crippen LogP contribution in [-0.2, 0) is 0 Å². The largest absolute Gasteiger partial charge is 0.457 e. The van der Waals surface area contributed by atoms with Crippen LogP contribution in [0, 0.1) is 5.92 Å². The number of likely N-dealkylation sites (tertiary alicyclic amines) is 1. The Labute approximate surface area is 180 Å². The maximum Gasteiger partial charge on any atom is 0.173 e. The average Bonchev–Trinajstić information content (AvgIpc) is 2.74. The van der Waals surface area contributed by atoms with Crippen LogP contribution in [0.1, 0.15) is 33.1 Å². The molecule has 1 saturated heterocycles. The highest BCUT2D eigenvalue weighted by Gasteiger charge is 2.23. The molecule has 1 fully saturated rings. The molecule has 0 saturated carbocycles. The molecule has 0 aromatic heterocycles. The van der Waals surface area contributed by atoms with Crippen molar-refractivity contribution in [1.82, 2.24) is 9.80 Å². The molecule has 1 heterocycles. The molecule has 1 aliphatic rings. The second kappa shape index (κ2) is 10.6. The molecular formula is C24H33N3OS. The van der Waals surface area contributed by atoms with E-state index in [9.17, 15) is 0 Å². The molecule has 0 atom stereocenters. The van der Waals surface area contributed by atoms with E-state index in [0.717, 1.165) is 41.3 Å². The summed E-state index contributed by atoms with van der Waals surface area (Å²) in [6.07, 6.45) is 3.60. The Morgan fingerprint density at radius 2 is 1.69 bits per heavy atom. The number of thiocarbonyl (C=S) groups is 1. The lowest BCUT2D eigenvalue weighted by Gasteiger charge is -2.38. The molecule has 2 aromatic carbocycles. The van der Waals surface area contributed by atoms with Crippen LogP contribution in [0.25, 0.3) is 0 Å². The summed E-state index contributed by atoms with van der Waals surface area (Å²) in [6.45, 7) is 7.79. The SMILES string of the molecule is CC(C)CCN(C)C1CCN(C(=S)Nc2ccc(Oc3ccccc3)cc2)CC1. The molecule has 2 aromatic rings. The number of para-hydroxylation sites is 1. The summed E-state index contributed by atoms with van der Waals surface area (Å²) >= 11 is 5.65. The average molecular weight is 412 g/mol. The summed E-state index contributed by atoms with van der Waals surface area (Å²) in [6, 6.07) is 18.4. The zero-order chi connectivity index (χ0) is 20.6. The first-order valence-electron chi connectivity index (χ1n) is 10.6. The van der Waals surface area contributed by atoms with Crippen molar-refractivity contribution >= 4 is 23.0 Å². The normalized spacial score (nSPS) is 15.0. The molecule has 29 heavy (non-hydrogen) atoms. The Morgan fingerprint density at radius 3 is 2.31 bits per heavy atom. The molecule has 4 nitrogen and oxygen atoms in total. The van der Waals surface area contributed by atoms with Crippen LogP contribution in [0.3, 0.4) is 0 Å². The fourth-order valence-corrected chi connectivity index (χ4v) is 3.89. The number of benzene rings is 2. The zero-order valence-electron chi connectivity index (χ0n) is 17.8. The highest BCUT2D eigenvalue weighted by Crippen LogP contribution is 2.23. The van der Waals surface area contributed by atoms with E-state index in [-0.39, 0.29) is 0 Å². The molecular weight excluding hydrogens is 378 g/mol. The van der Waals surface area contributed by atoms with Gasteiger partial charge in [-0.3, -0.25) is 0 Å². The monoisotopic (exact) mass is 411 g/mol. The van der Waals surface area contributed by atoms with Crippen molar-refractivity contribution in [3.63, 3.8) is 0 Å². The lowest BCUT2D eigenvalue weighted by molar-refractivity contribution is 0.159. The lowest BCUT2D eigenvalue weighted by atomic mass is 10.0. The van der Waals surface area contributed by atoms with Crippen LogP contribution >= 0.6 is 12.2 Å². The Kier molecular flexibility index (Phi) is 7.90. The molecule has 156 valence electrons. The van der Waals surface area contributed by atoms with Gasteiger partial charge < -0.3 is 19.9 Å². The van der Waals surface area contributed by atoms with E-state index in [2.05, 4.69) is 36.0 Å².